The zero-order valence-corrected chi connectivity index (χ0v) is 12.3. The van der Waals surface area contributed by atoms with E-state index < -0.39 is 0 Å². The number of benzene rings is 1. The van der Waals surface area contributed by atoms with Crippen LogP contribution in [0.2, 0.25) is 0 Å². The van der Waals surface area contributed by atoms with Gasteiger partial charge in [-0.2, -0.15) is 0 Å². The molecule has 0 fully saturated rings. The molecule has 1 aromatic carbocycles. The molecule has 108 valence electrons. The summed E-state index contributed by atoms with van der Waals surface area (Å²) >= 11 is 1.56. The fourth-order valence-electron chi connectivity index (χ4n) is 2.30. The van der Waals surface area contributed by atoms with E-state index in [-0.39, 0.29) is 11.7 Å². The van der Waals surface area contributed by atoms with Crippen molar-refractivity contribution in [1.29, 1.82) is 0 Å². The quantitative estimate of drug-likeness (QED) is 0.876. The van der Waals surface area contributed by atoms with Crippen LogP contribution < -0.4 is 5.32 Å². The number of carbonyl (C=O) groups is 1. The first-order valence-electron chi connectivity index (χ1n) is 6.94. The molecular formula is C16H15FN2OS. The number of aromatic nitrogens is 1. The standard InChI is InChI=1S/C16H15FN2OS/c17-12-8-5-11(6-9-12)7-10-15(20)19-16-18-13-3-1-2-4-14(13)21-16/h5-10H,1-4H2,(H,18,19,20). The lowest BCUT2D eigenvalue weighted by Gasteiger charge is -2.06. The van der Waals surface area contributed by atoms with Crippen LogP contribution in [-0.4, -0.2) is 10.9 Å². The van der Waals surface area contributed by atoms with Crippen LogP contribution in [0.15, 0.2) is 30.3 Å². The summed E-state index contributed by atoms with van der Waals surface area (Å²) in [7, 11) is 0. The van der Waals surface area contributed by atoms with Crippen molar-refractivity contribution >= 4 is 28.5 Å². The Kier molecular flexibility index (Phi) is 4.10. The molecule has 1 amide bonds. The predicted octanol–water partition coefficient (Wildman–Crippen LogP) is 3.81. The van der Waals surface area contributed by atoms with Gasteiger partial charge >= 0.3 is 0 Å². The summed E-state index contributed by atoms with van der Waals surface area (Å²) in [6.07, 6.45) is 7.54. The number of hydrogen-bond acceptors (Lipinski definition) is 3. The van der Waals surface area contributed by atoms with Gasteiger partial charge in [-0.3, -0.25) is 10.1 Å². The third-order valence-corrected chi connectivity index (χ3v) is 4.45. The Balaban J connectivity index is 1.63. The zero-order chi connectivity index (χ0) is 14.7. The van der Waals surface area contributed by atoms with E-state index in [1.165, 1.54) is 35.9 Å². The van der Waals surface area contributed by atoms with Crippen LogP contribution in [0.4, 0.5) is 9.52 Å². The lowest BCUT2D eigenvalue weighted by atomic mass is 10.0. The molecule has 0 radical (unpaired) electrons. The molecule has 21 heavy (non-hydrogen) atoms. The average molecular weight is 302 g/mol. The Morgan fingerprint density at radius 1 is 1.24 bits per heavy atom. The highest BCUT2D eigenvalue weighted by Crippen LogP contribution is 2.29. The third-order valence-electron chi connectivity index (χ3n) is 3.37. The minimum Gasteiger partial charge on any atom is -0.298 e. The van der Waals surface area contributed by atoms with Crippen molar-refractivity contribution in [2.45, 2.75) is 25.7 Å². The first kappa shape index (κ1) is 13.9. The van der Waals surface area contributed by atoms with Crippen LogP contribution in [0.25, 0.3) is 6.08 Å². The number of nitrogens with one attached hydrogen (secondary N) is 1. The number of aryl methyl sites for hydroxylation is 2. The van der Waals surface area contributed by atoms with Crippen LogP contribution in [0.5, 0.6) is 0 Å². The number of carbonyl (C=O) groups excluding carboxylic acids is 1. The molecule has 0 spiro atoms. The first-order valence-corrected chi connectivity index (χ1v) is 7.75. The first-order chi connectivity index (χ1) is 10.2. The van der Waals surface area contributed by atoms with Crippen LogP contribution >= 0.6 is 11.3 Å². The Morgan fingerprint density at radius 3 is 2.76 bits per heavy atom. The van der Waals surface area contributed by atoms with Gasteiger partial charge in [0, 0.05) is 11.0 Å². The van der Waals surface area contributed by atoms with Gasteiger partial charge in [0.2, 0.25) is 5.91 Å². The van der Waals surface area contributed by atoms with Crippen LogP contribution in [0, 0.1) is 5.82 Å². The number of thiazole rings is 1. The van der Waals surface area contributed by atoms with Crippen LogP contribution in [0.1, 0.15) is 29.0 Å². The van der Waals surface area contributed by atoms with E-state index in [0.717, 1.165) is 24.1 Å². The SMILES string of the molecule is O=C(C=Cc1ccc(F)cc1)Nc1nc2c(s1)CCCC2. The maximum Gasteiger partial charge on any atom is 0.250 e. The van der Waals surface area contributed by atoms with E-state index in [0.29, 0.717) is 5.13 Å². The molecule has 0 saturated heterocycles. The molecule has 0 atom stereocenters. The summed E-state index contributed by atoms with van der Waals surface area (Å²) in [4.78, 5) is 17.6. The van der Waals surface area contributed by atoms with Crippen molar-refractivity contribution in [3.8, 4) is 0 Å². The molecule has 0 aliphatic heterocycles. The molecule has 0 unspecified atom stereocenters. The van der Waals surface area contributed by atoms with Crippen molar-refractivity contribution in [3.05, 3.63) is 52.3 Å². The highest BCUT2D eigenvalue weighted by Gasteiger charge is 2.15. The third kappa shape index (κ3) is 3.55. The molecular weight excluding hydrogens is 287 g/mol. The number of rotatable bonds is 3. The van der Waals surface area contributed by atoms with Gasteiger partial charge in [0.15, 0.2) is 5.13 Å². The largest absolute Gasteiger partial charge is 0.298 e. The number of halogens is 1. The summed E-state index contributed by atoms with van der Waals surface area (Å²) in [5.74, 6) is -0.504. The van der Waals surface area contributed by atoms with Gasteiger partial charge in [-0.1, -0.05) is 12.1 Å². The topological polar surface area (TPSA) is 42.0 Å². The molecule has 1 aliphatic rings. The number of fused-ring (bicyclic) bond motifs is 1. The van der Waals surface area contributed by atoms with Gasteiger partial charge in [-0.15, -0.1) is 11.3 Å². The molecule has 0 saturated carbocycles. The van der Waals surface area contributed by atoms with E-state index in [2.05, 4.69) is 10.3 Å². The second kappa shape index (κ2) is 6.18. The van der Waals surface area contributed by atoms with Gasteiger partial charge in [-0.25, -0.2) is 9.37 Å². The fraction of sp³-hybridized carbons (Fsp3) is 0.250. The van der Waals surface area contributed by atoms with Crippen molar-refractivity contribution in [2.75, 3.05) is 5.32 Å². The number of anilines is 1. The maximum atomic E-state index is 12.8. The van der Waals surface area contributed by atoms with E-state index in [1.54, 1.807) is 29.5 Å². The monoisotopic (exact) mass is 302 g/mol. The molecule has 3 rings (SSSR count). The second-order valence-electron chi connectivity index (χ2n) is 4.97. The van der Waals surface area contributed by atoms with Crippen molar-refractivity contribution < 1.29 is 9.18 Å². The number of hydrogen-bond donors (Lipinski definition) is 1. The Labute approximate surface area is 126 Å². The smallest absolute Gasteiger partial charge is 0.250 e. The second-order valence-corrected chi connectivity index (χ2v) is 6.05. The molecule has 1 heterocycles. The van der Waals surface area contributed by atoms with E-state index in [9.17, 15) is 9.18 Å². The molecule has 1 N–H and O–H groups in total. The molecule has 5 heteroatoms. The van der Waals surface area contributed by atoms with Gasteiger partial charge in [0.25, 0.3) is 0 Å². The van der Waals surface area contributed by atoms with Crippen LogP contribution in [0.3, 0.4) is 0 Å². The molecule has 0 bridgehead atoms. The summed E-state index contributed by atoms with van der Waals surface area (Å²) in [6, 6.07) is 5.99. The average Bonchev–Trinajstić information content (AvgIpc) is 2.88. The van der Waals surface area contributed by atoms with Crippen molar-refractivity contribution in [2.24, 2.45) is 0 Å². The normalized spacial score (nSPS) is 14.1. The fourth-order valence-corrected chi connectivity index (χ4v) is 3.35. The van der Waals surface area contributed by atoms with Gasteiger partial charge in [-0.05, 0) is 49.5 Å². The van der Waals surface area contributed by atoms with Crippen molar-refractivity contribution in [1.82, 2.24) is 4.98 Å². The summed E-state index contributed by atoms with van der Waals surface area (Å²) < 4.78 is 12.8. The number of nitrogens with zero attached hydrogens (tertiary/aromatic N) is 1. The lowest BCUT2D eigenvalue weighted by Crippen LogP contribution is -2.07. The molecule has 3 nitrogen and oxygen atoms in total. The van der Waals surface area contributed by atoms with E-state index in [4.69, 9.17) is 0 Å². The van der Waals surface area contributed by atoms with Gasteiger partial charge in [0.05, 0.1) is 5.69 Å². The minimum absolute atomic E-state index is 0.217. The van der Waals surface area contributed by atoms with Crippen LogP contribution in [-0.2, 0) is 17.6 Å². The summed E-state index contributed by atoms with van der Waals surface area (Å²) in [6.45, 7) is 0. The van der Waals surface area contributed by atoms with Crippen molar-refractivity contribution in [3.63, 3.8) is 0 Å². The lowest BCUT2D eigenvalue weighted by molar-refractivity contribution is -0.111. The molecule has 1 aliphatic carbocycles. The van der Waals surface area contributed by atoms with Gasteiger partial charge in [0.1, 0.15) is 5.82 Å². The minimum atomic E-state index is -0.287. The number of amides is 1. The molecule has 1 aromatic heterocycles. The zero-order valence-electron chi connectivity index (χ0n) is 11.4. The Hall–Kier alpha value is -2.01. The summed E-state index contributed by atoms with van der Waals surface area (Å²) in [5, 5.41) is 3.45. The molecule has 2 aromatic rings. The maximum absolute atomic E-state index is 12.8. The Bertz CT molecular complexity index is 653. The highest BCUT2D eigenvalue weighted by atomic mass is 32.1. The van der Waals surface area contributed by atoms with E-state index >= 15 is 0 Å². The highest BCUT2D eigenvalue weighted by molar-refractivity contribution is 7.15. The van der Waals surface area contributed by atoms with E-state index in [1.807, 2.05) is 0 Å². The summed E-state index contributed by atoms with van der Waals surface area (Å²) in [5.41, 5.74) is 1.91. The Morgan fingerprint density at radius 2 is 2.00 bits per heavy atom. The predicted molar refractivity (Wildman–Crippen MR) is 82.8 cm³/mol. The van der Waals surface area contributed by atoms with Gasteiger partial charge < -0.3 is 0 Å².